The van der Waals surface area contributed by atoms with E-state index in [-0.39, 0.29) is 12.6 Å². The van der Waals surface area contributed by atoms with Gasteiger partial charge >= 0.3 is 0 Å². The summed E-state index contributed by atoms with van der Waals surface area (Å²) in [6.07, 6.45) is 5.25. The van der Waals surface area contributed by atoms with Crippen LogP contribution < -0.4 is 5.32 Å². The Hall–Kier alpha value is -2.73. The highest BCUT2D eigenvalue weighted by molar-refractivity contribution is 5.87. The maximum absolute atomic E-state index is 13.5. The summed E-state index contributed by atoms with van der Waals surface area (Å²) < 4.78 is 32.5. The molecule has 4 rings (SSSR count). The minimum atomic E-state index is -2.99. The number of amides is 1. The molecule has 2 aliphatic rings. The number of rotatable bonds is 4. The number of halogens is 2. The van der Waals surface area contributed by atoms with E-state index in [1.165, 1.54) is 0 Å². The summed E-state index contributed by atoms with van der Waals surface area (Å²) in [4.78, 5) is 19.5. The second-order valence-electron chi connectivity index (χ2n) is 7.12. The van der Waals surface area contributed by atoms with Crippen molar-refractivity contribution in [1.29, 1.82) is 5.26 Å². The zero-order chi connectivity index (χ0) is 19.0. The minimum Gasteiger partial charge on any atom is -0.462 e. The lowest BCUT2D eigenvalue weighted by Crippen LogP contribution is -2.43. The van der Waals surface area contributed by atoms with Crippen LogP contribution in [0.3, 0.4) is 0 Å². The van der Waals surface area contributed by atoms with Crippen LogP contribution in [0.25, 0.3) is 11.0 Å². The largest absolute Gasteiger partial charge is 0.462 e. The average molecular weight is 375 g/mol. The maximum atomic E-state index is 13.5. The van der Waals surface area contributed by atoms with Gasteiger partial charge in [0.1, 0.15) is 6.04 Å². The fourth-order valence-corrected chi connectivity index (χ4v) is 3.78. The van der Waals surface area contributed by atoms with Crippen LogP contribution in [-0.4, -0.2) is 64.9 Å². The Morgan fingerprint density at radius 1 is 1.48 bits per heavy atom. The van der Waals surface area contributed by atoms with Crippen molar-refractivity contribution in [3.63, 3.8) is 0 Å². The molecule has 0 spiro atoms. The first-order valence-corrected chi connectivity index (χ1v) is 8.82. The lowest BCUT2D eigenvalue weighted by molar-refractivity contribution is -0.133. The molecule has 2 unspecified atom stereocenters. The van der Waals surface area contributed by atoms with Gasteiger partial charge in [-0.1, -0.05) is 0 Å². The van der Waals surface area contributed by atoms with Gasteiger partial charge in [0.05, 0.1) is 37.3 Å². The second kappa shape index (κ2) is 6.78. The summed E-state index contributed by atoms with van der Waals surface area (Å²) in [7, 11) is 0. The Bertz CT molecular complexity index is 893. The van der Waals surface area contributed by atoms with Crippen molar-refractivity contribution in [2.45, 2.75) is 30.8 Å². The Kier molecular flexibility index (Phi) is 4.44. The van der Waals surface area contributed by atoms with Gasteiger partial charge < -0.3 is 14.6 Å². The number of alkyl halides is 2. The van der Waals surface area contributed by atoms with Gasteiger partial charge in [-0.15, -0.1) is 0 Å². The number of pyridine rings is 1. The highest BCUT2D eigenvalue weighted by Crippen LogP contribution is 2.32. The number of nitriles is 1. The number of carbonyl (C=O) groups excluding carboxylic acids is 1. The monoisotopic (exact) mass is 375 g/mol. The van der Waals surface area contributed by atoms with Crippen LogP contribution in [0.5, 0.6) is 0 Å². The number of anilines is 1. The highest BCUT2D eigenvalue weighted by Gasteiger charge is 2.47. The van der Waals surface area contributed by atoms with E-state index in [0.29, 0.717) is 13.1 Å². The molecule has 0 radical (unpaired) electrons. The van der Waals surface area contributed by atoms with Crippen molar-refractivity contribution < 1.29 is 18.0 Å². The molecular weight excluding hydrogens is 356 g/mol. The standard InChI is InChI=1S/C18H19F2N5O2/c19-18(20)5-14(6-21)25(11-18)16(26)10-24-3-1-13(9-24)23-15-8-22-7-12-2-4-27-17(12)15/h2,4,7-8,13-14,23H,1,3,5,9-11H2. The fraction of sp³-hybridized carbons (Fsp3) is 0.500. The van der Waals surface area contributed by atoms with E-state index in [9.17, 15) is 13.6 Å². The first-order chi connectivity index (χ1) is 12.9. The summed E-state index contributed by atoms with van der Waals surface area (Å²) in [6, 6.07) is 2.70. The number of hydrogen-bond donors (Lipinski definition) is 1. The van der Waals surface area contributed by atoms with Crippen LogP contribution in [0.4, 0.5) is 14.5 Å². The number of hydrogen-bond acceptors (Lipinski definition) is 6. The minimum absolute atomic E-state index is 0.0373. The van der Waals surface area contributed by atoms with Crippen LogP contribution in [0.15, 0.2) is 29.1 Å². The molecule has 1 amide bonds. The van der Waals surface area contributed by atoms with Crippen molar-refractivity contribution in [3.05, 3.63) is 24.7 Å². The molecule has 4 heterocycles. The molecule has 1 N–H and O–H groups in total. The van der Waals surface area contributed by atoms with E-state index in [1.807, 2.05) is 17.0 Å². The second-order valence-corrected chi connectivity index (χ2v) is 7.12. The molecule has 2 saturated heterocycles. The third kappa shape index (κ3) is 3.57. The predicted octanol–water partition coefficient (Wildman–Crippen LogP) is 2.07. The Balaban J connectivity index is 1.35. The molecule has 7 nitrogen and oxygen atoms in total. The van der Waals surface area contributed by atoms with Crippen LogP contribution in [0, 0.1) is 11.3 Å². The quantitative estimate of drug-likeness (QED) is 0.881. The van der Waals surface area contributed by atoms with Gasteiger partial charge in [-0.25, -0.2) is 8.78 Å². The lowest BCUT2D eigenvalue weighted by Gasteiger charge is -2.23. The first kappa shape index (κ1) is 17.7. The zero-order valence-corrected chi connectivity index (χ0v) is 14.6. The summed E-state index contributed by atoms with van der Waals surface area (Å²) in [5.74, 6) is -3.41. The van der Waals surface area contributed by atoms with Crippen LogP contribution in [0.2, 0.25) is 0 Å². The number of furan rings is 1. The third-order valence-corrected chi connectivity index (χ3v) is 5.09. The molecule has 2 aromatic heterocycles. The highest BCUT2D eigenvalue weighted by atomic mass is 19.3. The molecule has 9 heteroatoms. The van der Waals surface area contributed by atoms with Gasteiger partial charge in [0, 0.05) is 37.1 Å². The molecule has 0 aliphatic carbocycles. The van der Waals surface area contributed by atoms with Crippen LogP contribution in [-0.2, 0) is 4.79 Å². The van der Waals surface area contributed by atoms with Gasteiger partial charge in [-0.05, 0) is 12.5 Å². The SMILES string of the molecule is N#CC1CC(F)(F)CN1C(=O)CN1CCC(Nc2cncc3ccoc23)C1. The van der Waals surface area contributed by atoms with Crippen molar-refractivity contribution in [2.24, 2.45) is 0 Å². The van der Waals surface area contributed by atoms with Gasteiger partial charge in [-0.3, -0.25) is 14.7 Å². The average Bonchev–Trinajstić information content (AvgIpc) is 3.33. The topological polar surface area (TPSA) is 85.4 Å². The van der Waals surface area contributed by atoms with E-state index in [2.05, 4.69) is 10.3 Å². The number of aromatic nitrogens is 1. The van der Waals surface area contributed by atoms with E-state index in [1.54, 1.807) is 18.7 Å². The molecule has 2 fully saturated rings. The number of nitrogens with zero attached hydrogens (tertiary/aromatic N) is 4. The Morgan fingerprint density at radius 3 is 3.15 bits per heavy atom. The first-order valence-electron chi connectivity index (χ1n) is 8.82. The summed E-state index contributed by atoms with van der Waals surface area (Å²) >= 11 is 0. The number of carbonyl (C=O) groups is 1. The molecule has 0 bridgehead atoms. The Labute approximate surface area is 154 Å². The van der Waals surface area contributed by atoms with Crippen molar-refractivity contribution in [2.75, 3.05) is 31.5 Å². The molecule has 142 valence electrons. The Morgan fingerprint density at radius 2 is 2.33 bits per heavy atom. The van der Waals surface area contributed by atoms with E-state index in [4.69, 9.17) is 9.68 Å². The molecule has 2 aromatic rings. The van der Waals surface area contributed by atoms with Crippen LogP contribution >= 0.6 is 0 Å². The summed E-state index contributed by atoms with van der Waals surface area (Å²) in [5, 5.41) is 13.3. The van der Waals surface area contributed by atoms with Crippen molar-refractivity contribution in [1.82, 2.24) is 14.8 Å². The summed E-state index contributed by atoms with van der Waals surface area (Å²) in [5.41, 5.74) is 1.52. The molecule has 27 heavy (non-hydrogen) atoms. The van der Waals surface area contributed by atoms with E-state index in [0.717, 1.165) is 28.0 Å². The molecule has 2 atom stereocenters. The molecule has 0 saturated carbocycles. The maximum Gasteiger partial charge on any atom is 0.268 e. The number of fused-ring (bicyclic) bond motifs is 1. The predicted molar refractivity (Wildman–Crippen MR) is 93.2 cm³/mol. The van der Waals surface area contributed by atoms with Gasteiger partial charge in [0.25, 0.3) is 5.92 Å². The zero-order valence-electron chi connectivity index (χ0n) is 14.6. The lowest BCUT2D eigenvalue weighted by atomic mass is 10.2. The van der Waals surface area contributed by atoms with Crippen molar-refractivity contribution >= 4 is 22.6 Å². The normalized spacial score (nSPS) is 25.0. The third-order valence-electron chi connectivity index (χ3n) is 5.09. The van der Waals surface area contributed by atoms with Gasteiger partial charge in [0.2, 0.25) is 5.91 Å². The smallest absolute Gasteiger partial charge is 0.268 e. The van der Waals surface area contributed by atoms with E-state index >= 15 is 0 Å². The molecular formula is C18H19F2N5O2. The van der Waals surface area contributed by atoms with Crippen LogP contribution in [0.1, 0.15) is 12.8 Å². The fourth-order valence-electron chi connectivity index (χ4n) is 3.78. The van der Waals surface area contributed by atoms with Gasteiger partial charge in [-0.2, -0.15) is 5.26 Å². The number of nitrogens with one attached hydrogen (secondary N) is 1. The van der Waals surface area contributed by atoms with E-state index < -0.39 is 30.8 Å². The number of likely N-dealkylation sites (tertiary alicyclic amines) is 2. The summed E-state index contributed by atoms with van der Waals surface area (Å²) in [6.45, 7) is 0.637. The van der Waals surface area contributed by atoms with Gasteiger partial charge in [0.15, 0.2) is 5.58 Å². The molecule has 0 aromatic carbocycles. The van der Waals surface area contributed by atoms with Crippen molar-refractivity contribution in [3.8, 4) is 6.07 Å². The molecule has 2 aliphatic heterocycles.